The molecule has 0 aromatic heterocycles. The molecule has 3 nitrogen and oxygen atoms in total. The average molecular weight is 262 g/mol. The highest BCUT2D eigenvalue weighted by Gasteiger charge is 2.28. The van der Waals surface area contributed by atoms with Gasteiger partial charge in [0.1, 0.15) is 5.75 Å². The minimum Gasteiger partial charge on any atom is -0.426 e. The van der Waals surface area contributed by atoms with E-state index in [1.807, 2.05) is 34.6 Å². The van der Waals surface area contributed by atoms with E-state index in [4.69, 9.17) is 4.74 Å². The van der Waals surface area contributed by atoms with Gasteiger partial charge >= 0.3 is 5.97 Å². The van der Waals surface area contributed by atoms with Crippen LogP contribution < -0.4 is 4.74 Å². The first-order valence-electron chi connectivity index (χ1n) is 6.54. The van der Waals surface area contributed by atoms with Gasteiger partial charge in [-0.1, -0.05) is 6.92 Å². The summed E-state index contributed by atoms with van der Waals surface area (Å²) in [5, 5.41) is 0. The second kappa shape index (κ2) is 5.55. The van der Waals surface area contributed by atoms with E-state index in [1.165, 1.54) is 6.92 Å². The predicted molar refractivity (Wildman–Crippen MR) is 75.6 cm³/mol. The lowest BCUT2D eigenvalue weighted by Crippen LogP contribution is -2.28. The summed E-state index contributed by atoms with van der Waals surface area (Å²) in [7, 11) is 0. The van der Waals surface area contributed by atoms with Crippen molar-refractivity contribution in [2.45, 2.75) is 48.0 Å². The van der Waals surface area contributed by atoms with E-state index in [9.17, 15) is 9.59 Å². The lowest BCUT2D eigenvalue weighted by molar-refractivity contribution is -0.144. The molecule has 0 saturated carbocycles. The Bertz CT molecular complexity index is 513. The molecule has 1 aromatic carbocycles. The molecule has 0 aliphatic heterocycles. The Morgan fingerprint density at radius 1 is 1.16 bits per heavy atom. The number of hydrogen-bond donors (Lipinski definition) is 0. The number of ketones is 1. The lowest BCUT2D eigenvalue weighted by atomic mass is 9.90. The fourth-order valence-electron chi connectivity index (χ4n) is 1.67. The molecule has 0 aliphatic carbocycles. The number of carbonyl (C=O) groups is 2. The van der Waals surface area contributed by atoms with E-state index >= 15 is 0 Å². The Labute approximate surface area is 115 Å². The molecule has 0 N–H and O–H groups in total. The van der Waals surface area contributed by atoms with Crippen molar-refractivity contribution in [3.63, 3.8) is 0 Å². The first-order valence-corrected chi connectivity index (χ1v) is 6.54. The molecule has 1 rings (SSSR count). The molecule has 0 atom stereocenters. The highest BCUT2D eigenvalue weighted by molar-refractivity contribution is 5.96. The molecule has 19 heavy (non-hydrogen) atoms. The second-order valence-corrected chi connectivity index (χ2v) is 5.54. The number of carbonyl (C=O) groups excluding carboxylic acids is 2. The maximum atomic E-state index is 12.1. The van der Waals surface area contributed by atoms with Crippen LogP contribution in [-0.4, -0.2) is 11.8 Å². The van der Waals surface area contributed by atoms with Crippen LogP contribution in [0.25, 0.3) is 0 Å². The van der Waals surface area contributed by atoms with Crippen LogP contribution in [0.4, 0.5) is 0 Å². The SMILES string of the molecule is CCC(C)(C)C(=O)Oc1ccc(C(C)=O)c(C)c1C. The van der Waals surface area contributed by atoms with Crippen molar-refractivity contribution in [2.24, 2.45) is 5.41 Å². The Balaban J connectivity index is 3.08. The zero-order valence-corrected chi connectivity index (χ0v) is 12.6. The summed E-state index contributed by atoms with van der Waals surface area (Å²) < 4.78 is 5.47. The van der Waals surface area contributed by atoms with E-state index < -0.39 is 5.41 Å². The highest BCUT2D eigenvalue weighted by Crippen LogP contribution is 2.28. The molecule has 0 fully saturated rings. The molecule has 0 spiro atoms. The Morgan fingerprint density at radius 2 is 1.74 bits per heavy atom. The molecule has 1 aromatic rings. The van der Waals surface area contributed by atoms with Crippen LogP contribution in [0, 0.1) is 19.3 Å². The summed E-state index contributed by atoms with van der Waals surface area (Å²) in [6, 6.07) is 3.41. The molecule has 0 saturated heterocycles. The monoisotopic (exact) mass is 262 g/mol. The standard InChI is InChI=1S/C16H22O3/c1-7-16(5,6)15(18)19-14-9-8-13(12(4)17)10(2)11(14)3/h8-9H,7H2,1-6H3. The van der Waals surface area contributed by atoms with Crippen LogP contribution in [0.15, 0.2) is 12.1 Å². The Kier molecular flexibility index (Phi) is 4.51. The van der Waals surface area contributed by atoms with Crippen LogP contribution in [0.5, 0.6) is 5.75 Å². The first kappa shape index (κ1) is 15.4. The summed E-state index contributed by atoms with van der Waals surface area (Å²) in [4.78, 5) is 23.5. The fourth-order valence-corrected chi connectivity index (χ4v) is 1.67. The quantitative estimate of drug-likeness (QED) is 0.470. The third-order valence-electron chi connectivity index (χ3n) is 3.76. The van der Waals surface area contributed by atoms with Crippen molar-refractivity contribution >= 4 is 11.8 Å². The zero-order chi connectivity index (χ0) is 14.8. The molecule has 0 heterocycles. The van der Waals surface area contributed by atoms with Crippen molar-refractivity contribution in [3.05, 3.63) is 28.8 Å². The van der Waals surface area contributed by atoms with Crippen molar-refractivity contribution in [2.75, 3.05) is 0 Å². The van der Waals surface area contributed by atoms with Crippen LogP contribution >= 0.6 is 0 Å². The van der Waals surface area contributed by atoms with Crippen molar-refractivity contribution in [3.8, 4) is 5.75 Å². The molecule has 0 amide bonds. The van der Waals surface area contributed by atoms with Gasteiger partial charge in [-0.25, -0.2) is 0 Å². The minimum atomic E-state index is -0.500. The van der Waals surface area contributed by atoms with E-state index in [2.05, 4.69) is 0 Å². The van der Waals surface area contributed by atoms with Gasteiger partial charge in [-0.2, -0.15) is 0 Å². The zero-order valence-electron chi connectivity index (χ0n) is 12.6. The third kappa shape index (κ3) is 3.22. The molecule has 0 radical (unpaired) electrons. The molecule has 0 unspecified atom stereocenters. The molecule has 0 aliphatic rings. The normalized spacial score (nSPS) is 11.3. The van der Waals surface area contributed by atoms with Crippen LogP contribution in [0.1, 0.15) is 55.6 Å². The van der Waals surface area contributed by atoms with Gasteiger partial charge in [0.05, 0.1) is 5.41 Å². The Morgan fingerprint density at radius 3 is 2.21 bits per heavy atom. The summed E-state index contributed by atoms with van der Waals surface area (Å²) in [6.45, 7) is 11.0. The van der Waals surface area contributed by atoms with Crippen molar-refractivity contribution in [1.29, 1.82) is 0 Å². The van der Waals surface area contributed by atoms with Crippen LogP contribution in [0.2, 0.25) is 0 Å². The van der Waals surface area contributed by atoms with E-state index in [0.717, 1.165) is 17.5 Å². The number of rotatable bonds is 4. The lowest BCUT2D eigenvalue weighted by Gasteiger charge is -2.21. The second-order valence-electron chi connectivity index (χ2n) is 5.54. The molecular weight excluding hydrogens is 240 g/mol. The van der Waals surface area contributed by atoms with Gasteiger partial charge in [-0.15, -0.1) is 0 Å². The van der Waals surface area contributed by atoms with Gasteiger partial charge in [-0.3, -0.25) is 9.59 Å². The minimum absolute atomic E-state index is 0.0207. The number of hydrogen-bond acceptors (Lipinski definition) is 3. The number of benzene rings is 1. The third-order valence-corrected chi connectivity index (χ3v) is 3.76. The maximum Gasteiger partial charge on any atom is 0.316 e. The highest BCUT2D eigenvalue weighted by atomic mass is 16.5. The maximum absolute atomic E-state index is 12.1. The Hall–Kier alpha value is -1.64. The van der Waals surface area contributed by atoms with Gasteiger partial charge in [0, 0.05) is 5.56 Å². The topological polar surface area (TPSA) is 43.4 Å². The van der Waals surface area contributed by atoms with Gasteiger partial charge in [0.25, 0.3) is 0 Å². The molecule has 104 valence electrons. The summed E-state index contributed by atoms with van der Waals surface area (Å²) in [5.41, 5.74) is 1.88. The van der Waals surface area contributed by atoms with E-state index in [1.54, 1.807) is 12.1 Å². The number of ether oxygens (including phenoxy) is 1. The van der Waals surface area contributed by atoms with Gasteiger partial charge in [0.2, 0.25) is 0 Å². The van der Waals surface area contributed by atoms with Crippen LogP contribution in [-0.2, 0) is 4.79 Å². The summed E-state index contributed by atoms with van der Waals surface area (Å²) in [5.74, 6) is 0.314. The molecule has 3 heteroatoms. The summed E-state index contributed by atoms with van der Waals surface area (Å²) in [6.07, 6.45) is 0.718. The van der Waals surface area contributed by atoms with Gasteiger partial charge < -0.3 is 4.74 Å². The average Bonchev–Trinajstić information content (AvgIpc) is 2.34. The van der Waals surface area contributed by atoms with E-state index in [0.29, 0.717) is 11.3 Å². The van der Waals surface area contributed by atoms with Gasteiger partial charge in [0.15, 0.2) is 5.78 Å². The largest absolute Gasteiger partial charge is 0.426 e. The van der Waals surface area contributed by atoms with E-state index in [-0.39, 0.29) is 11.8 Å². The molecule has 0 bridgehead atoms. The van der Waals surface area contributed by atoms with Crippen molar-refractivity contribution < 1.29 is 14.3 Å². The smallest absolute Gasteiger partial charge is 0.316 e. The first-order chi connectivity index (χ1) is 8.70. The fraction of sp³-hybridized carbons (Fsp3) is 0.500. The van der Waals surface area contributed by atoms with Crippen LogP contribution in [0.3, 0.4) is 0 Å². The summed E-state index contributed by atoms with van der Waals surface area (Å²) >= 11 is 0. The van der Waals surface area contributed by atoms with Gasteiger partial charge in [-0.05, 0) is 64.3 Å². The van der Waals surface area contributed by atoms with Crippen molar-refractivity contribution in [1.82, 2.24) is 0 Å². The number of esters is 1. The predicted octanol–water partition coefficient (Wildman–Crippen LogP) is 3.85. The number of Topliss-reactive ketones (excluding diaryl/α,β-unsaturated/α-hetero) is 1. The molecular formula is C16H22O3.